The molecule has 2 heterocycles. The predicted molar refractivity (Wildman–Crippen MR) is 96.3 cm³/mol. The normalized spacial score (nSPS) is 18.4. The number of thiophene rings is 1. The van der Waals surface area contributed by atoms with Gasteiger partial charge in [-0.15, -0.1) is 11.3 Å². The van der Waals surface area contributed by atoms with Crippen molar-refractivity contribution >= 4 is 28.2 Å². The van der Waals surface area contributed by atoms with Gasteiger partial charge >= 0.3 is 6.55 Å². The first-order valence-corrected chi connectivity index (χ1v) is 8.88. The van der Waals surface area contributed by atoms with Crippen LogP contribution in [0.1, 0.15) is 55.4 Å². The van der Waals surface area contributed by atoms with Crippen LogP contribution in [0.3, 0.4) is 0 Å². The monoisotopic (exact) mass is 387 g/mol. The van der Waals surface area contributed by atoms with Crippen LogP contribution in [0, 0.1) is 0 Å². The number of amides is 2. The molecule has 0 aromatic carbocycles. The number of alkyl halides is 2. The van der Waals surface area contributed by atoms with E-state index in [1.54, 1.807) is 5.32 Å². The largest absolute Gasteiger partial charge is 0.365 e. The van der Waals surface area contributed by atoms with Gasteiger partial charge < -0.3 is 21.1 Å². The maximum Gasteiger partial charge on any atom is 0.313 e. The van der Waals surface area contributed by atoms with E-state index < -0.39 is 29.6 Å². The molecule has 0 saturated carbocycles. The molecule has 0 saturated heterocycles. The molecule has 0 spiro atoms. The van der Waals surface area contributed by atoms with Crippen LogP contribution in [0.15, 0.2) is 11.8 Å². The standard InChI is InChI=1S/C17H23F2N3O3S/c1-6-9(21-15(18)19)13(24)22-14-10(12(20)23)8-7-16(2,3)25-17(4,5)11(8)26-14/h6,15,21H,7H2,1-5H3,(H2,20,23)(H,22,24)/b9-6-. The molecule has 6 nitrogen and oxygen atoms in total. The van der Waals surface area contributed by atoms with Crippen LogP contribution >= 0.6 is 11.3 Å². The third-order valence-electron chi connectivity index (χ3n) is 3.96. The van der Waals surface area contributed by atoms with E-state index in [9.17, 15) is 18.4 Å². The predicted octanol–water partition coefficient (Wildman–Crippen LogP) is 3.09. The highest BCUT2D eigenvalue weighted by Crippen LogP contribution is 2.48. The van der Waals surface area contributed by atoms with Gasteiger partial charge in [0.15, 0.2) is 0 Å². The fourth-order valence-electron chi connectivity index (χ4n) is 3.24. The first-order chi connectivity index (χ1) is 11.9. The summed E-state index contributed by atoms with van der Waals surface area (Å²) in [6.45, 7) is 6.13. The van der Waals surface area contributed by atoms with Crippen molar-refractivity contribution in [3.8, 4) is 0 Å². The lowest BCUT2D eigenvalue weighted by Gasteiger charge is -2.41. The molecule has 26 heavy (non-hydrogen) atoms. The van der Waals surface area contributed by atoms with Gasteiger partial charge in [0.05, 0.1) is 16.8 Å². The Hall–Kier alpha value is -2.00. The molecule has 1 aromatic heterocycles. The lowest BCUT2D eigenvalue weighted by molar-refractivity contribution is -0.135. The lowest BCUT2D eigenvalue weighted by Crippen LogP contribution is -2.42. The quantitative estimate of drug-likeness (QED) is 0.535. The molecule has 0 fully saturated rings. The molecule has 2 rings (SSSR count). The third kappa shape index (κ3) is 4.04. The summed E-state index contributed by atoms with van der Waals surface area (Å²) < 4.78 is 31.1. The van der Waals surface area contributed by atoms with Crippen LogP contribution in [0.5, 0.6) is 0 Å². The third-order valence-corrected chi connectivity index (χ3v) is 5.41. The molecule has 144 valence electrons. The summed E-state index contributed by atoms with van der Waals surface area (Å²) in [6, 6.07) is 0. The number of anilines is 1. The second kappa shape index (κ2) is 6.96. The van der Waals surface area contributed by atoms with Crippen molar-refractivity contribution in [3.05, 3.63) is 27.8 Å². The molecule has 4 N–H and O–H groups in total. The van der Waals surface area contributed by atoms with E-state index in [4.69, 9.17) is 10.5 Å². The first kappa shape index (κ1) is 20.3. The molecular formula is C17H23F2N3O3S. The van der Waals surface area contributed by atoms with Gasteiger partial charge in [0.1, 0.15) is 10.7 Å². The first-order valence-electron chi connectivity index (χ1n) is 8.06. The smallest absolute Gasteiger partial charge is 0.313 e. The van der Waals surface area contributed by atoms with Crippen molar-refractivity contribution in [3.63, 3.8) is 0 Å². The number of allylic oxidation sites excluding steroid dienone is 1. The molecule has 0 radical (unpaired) electrons. The lowest BCUT2D eigenvalue weighted by atomic mass is 9.86. The molecule has 1 aliphatic heterocycles. The maximum absolute atomic E-state index is 12.5. The molecule has 1 aromatic rings. The van der Waals surface area contributed by atoms with Crippen LogP contribution < -0.4 is 16.4 Å². The number of hydrogen-bond acceptors (Lipinski definition) is 5. The minimum absolute atomic E-state index is 0.204. The van der Waals surface area contributed by atoms with Crippen molar-refractivity contribution in [2.24, 2.45) is 5.73 Å². The average molecular weight is 387 g/mol. The van der Waals surface area contributed by atoms with Crippen molar-refractivity contribution in [2.75, 3.05) is 5.32 Å². The molecule has 9 heteroatoms. The van der Waals surface area contributed by atoms with E-state index in [0.29, 0.717) is 6.42 Å². The molecule has 0 atom stereocenters. The van der Waals surface area contributed by atoms with E-state index in [-0.39, 0.29) is 16.3 Å². The minimum Gasteiger partial charge on any atom is -0.365 e. The number of carbonyl (C=O) groups is 2. The summed E-state index contributed by atoms with van der Waals surface area (Å²) >= 11 is 1.17. The highest BCUT2D eigenvalue weighted by molar-refractivity contribution is 7.17. The SMILES string of the molecule is C/C=C(\NC(F)F)C(=O)Nc1sc2c(c1C(N)=O)CC(C)(C)OC2(C)C. The number of halogens is 2. The van der Waals surface area contributed by atoms with Gasteiger partial charge in [0, 0.05) is 11.3 Å². The van der Waals surface area contributed by atoms with E-state index >= 15 is 0 Å². The Labute approximate surface area is 154 Å². The summed E-state index contributed by atoms with van der Waals surface area (Å²) in [4.78, 5) is 25.1. The zero-order valence-corrected chi connectivity index (χ0v) is 16.1. The Kier molecular flexibility index (Phi) is 5.44. The van der Waals surface area contributed by atoms with Gasteiger partial charge in [-0.3, -0.25) is 9.59 Å². The molecule has 0 unspecified atom stereocenters. The van der Waals surface area contributed by atoms with Crippen molar-refractivity contribution in [1.29, 1.82) is 0 Å². The van der Waals surface area contributed by atoms with E-state index in [0.717, 1.165) is 10.4 Å². The number of nitrogens with one attached hydrogen (secondary N) is 2. The summed E-state index contributed by atoms with van der Waals surface area (Å²) in [5.74, 6) is -1.46. The van der Waals surface area contributed by atoms with Crippen LogP contribution in [0.25, 0.3) is 0 Å². The Bertz CT molecular complexity index is 770. The van der Waals surface area contributed by atoms with Crippen LogP contribution in [0.4, 0.5) is 13.8 Å². The van der Waals surface area contributed by atoms with E-state index in [2.05, 4.69) is 5.32 Å². The van der Waals surface area contributed by atoms with Crippen molar-refractivity contribution < 1.29 is 23.1 Å². The minimum atomic E-state index is -2.88. The second-order valence-corrected chi connectivity index (χ2v) is 8.15. The molecule has 2 amide bonds. The van der Waals surface area contributed by atoms with Gasteiger partial charge in [-0.1, -0.05) is 6.08 Å². The second-order valence-electron chi connectivity index (χ2n) is 7.13. The van der Waals surface area contributed by atoms with Crippen LogP contribution in [0.2, 0.25) is 0 Å². The Balaban J connectivity index is 2.47. The fraction of sp³-hybridized carbons (Fsp3) is 0.529. The summed E-state index contributed by atoms with van der Waals surface area (Å²) in [5, 5.41) is 4.53. The number of hydrogen-bond donors (Lipinski definition) is 3. The number of nitrogens with two attached hydrogens (primary N) is 1. The zero-order valence-electron chi connectivity index (χ0n) is 15.3. The molecule has 0 bridgehead atoms. The molecule has 0 aliphatic carbocycles. The van der Waals surface area contributed by atoms with E-state index in [1.165, 1.54) is 24.3 Å². The Morgan fingerprint density at radius 1 is 1.31 bits per heavy atom. The van der Waals surface area contributed by atoms with Crippen LogP contribution in [-0.2, 0) is 21.6 Å². The average Bonchev–Trinajstić information content (AvgIpc) is 2.81. The number of carbonyl (C=O) groups excluding carboxylic acids is 2. The molecular weight excluding hydrogens is 364 g/mol. The fourth-order valence-corrected chi connectivity index (χ4v) is 4.49. The number of ether oxygens (including phenoxy) is 1. The zero-order chi connectivity index (χ0) is 19.9. The van der Waals surface area contributed by atoms with Crippen molar-refractivity contribution in [1.82, 2.24) is 5.32 Å². The Morgan fingerprint density at radius 2 is 1.92 bits per heavy atom. The van der Waals surface area contributed by atoms with Crippen molar-refractivity contribution in [2.45, 2.75) is 58.8 Å². The summed E-state index contributed by atoms with van der Waals surface area (Å²) in [7, 11) is 0. The highest BCUT2D eigenvalue weighted by Gasteiger charge is 2.43. The van der Waals surface area contributed by atoms with Gasteiger partial charge in [0.25, 0.3) is 11.8 Å². The van der Waals surface area contributed by atoms with E-state index in [1.807, 2.05) is 27.7 Å². The van der Waals surface area contributed by atoms with Crippen LogP contribution in [-0.4, -0.2) is 24.0 Å². The van der Waals surface area contributed by atoms with Gasteiger partial charge in [0.2, 0.25) is 0 Å². The number of primary amides is 1. The highest BCUT2D eigenvalue weighted by atomic mass is 32.1. The number of rotatable bonds is 5. The van der Waals surface area contributed by atoms with Gasteiger partial charge in [-0.2, -0.15) is 8.78 Å². The Morgan fingerprint density at radius 3 is 2.42 bits per heavy atom. The van der Waals surface area contributed by atoms with Gasteiger partial charge in [-0.05, 0) is 40.2 Å². The summed E-state index contributed by atoms with van der Waals surface area (Å²) in [6.07, 6.45) is 1.68. The number of fused-ring (bicyclic) bond motifs is 1. The summed E-state index contributed by atoms with van der Waals surface area (Å²) in [5.41, 5.74) is 4.99. The maximum atomic E-state index is 12.5. The molecule has 1 aliphatic rings. The van der Waals surface area contributed by atoms with Gasteiger partial charge in [-0.25, -0.2) is 0 Å². The topological polar surface area (TPSA) is 93.5 Å².